The highest BCUT2D eigenvalue weighted by atomic mass is 16.4. The number of carboxylic acid groups (broad SMARTS) is 2. The zero-order valence-corrected chi connectivity index (χ0v) is 18.8. The second-order valence-electron chi connectivity index (χ2n) is 6.63. The number of carbonyl (C=O) groups excluding carboxylic acids is 2. The van der Waals surface area contributed by atoms with Crippen LogP contribution in [0.4, 0.5) is 0 Å². The van der Waals surface area contributed by atoms with E-state index in [-0.39, 0.29) is 12.8 Å². The Kier molecular flexibility index (Phi) is 28.2. The third kappa shape index (κ3) is 29.9. The number of nitrogens with one attached hydrogen (secondary N) is 2. The molecule has 0 unspecified atom stereocenters. The predicted octanol–water partition coefficient (Wildman–Crippen LogP) is -0.921. The lowest BCUT2D eigenvalue weighted by Gasteiger charge is -2.10. The number of aliphatic carboxylic acids is 2. The molecule has 0 atom stereocenters. The summed E-state index contributed by atoms with van der Waals surface area (Å²) in [6.45, 7) is 21.0. The van der Waals surface area contributed by atoms with Crippen LogP contribution in [0.15, 0.2) is 0 Å². The maximum absolute atomic E-state index is 9.98. The summed E-state index contributed by atoms with van der Waals surface area (Å²) < 4.78 is 0. The average Bonchev–Trinajstić information content (AvgIpc) is 2.64. The molecule has 0 spiro atoms. The molecule has 0 fully saturated rings. The zero-order valence-electron chi connectivity index (χ0n) is 18.8. The van der Waals surface area contributed by atoms with Crippen LogP contribution >= 0.6 is 0 Å². The Morgan fingerprint density at radius 2 is 0.741 bits per heavy atom. The molecule has 0 heterocycles. The lowest BCUT2D eigenvalue weighted by Crippen LogP contribution is -3.11. The molecular weight excluding hydrogens is 344 g/mol. The van der Waals surface area contributed by atoms with Gasteiger partial charge in [0, 0.05) is 11.9 Å². The van der Waals surface area contributed by atoms with E-state index in [2.05, 4.69) is 41.5 Å². The van der Waals surface area contributed by atoms with E-state index in [1.807, 2.05) is 0 Å². The molecule has 0 aromatic rings. The lowest BCUT2D eigenvalue weighted by molar-refractivity contribution is -0.894. The highest BCUT2D eigenvalue weighted by Crippen LogP contribution is 2.06. The minimum Gasteiger partial charge on any atom is -0.550 e. The van der Waals surface area contributed by atoms with Crippen LogP contribution in [0, 0.1) is 0 Å². The fourth-order valence-corrected chi connectivity index (χ4v) is 2.57. The van der Waals surface area contributed by atoms with E-state index in [4.69, 9.17) is 0 Å². The van der Waals surface area contributed by atoms with Gasteiger partial charge in [0.15, 0.2) is 0 Å². The van der Waals surface area contributed by atoms with Crippen LogP contribution in [-0.2, 0) is 9.59 Å². The van der Waals surface area contributed by atoms with Gasteiger partial charge >= 0.3 is 0 Å². The standard InChI is InChI=1S/C9H16O4.2C6H15N/c10-8(11)6-4-2-1-3-5-7-9(12)13;2*1-4-7(5-2)6-3/h1-7H2,(H,10,11)(H,12,13);2*4-6H2,1-3H3. The molecular formula is C21H46N2O4. The van der Waals surface area contributed by atoms with Crippen LogP contribution < -0.4 is 20.0 Å². The van der Waals surface area contributed by atoms with Gasteiger partial charge < -0.3 is 29.6 Å². The first-order chi connectivity index (χ1) is 12.8. The third-order valence-electron chi connectivity index (χ3n) is 4.76. The van der Waals surface area contributed by atoms with Crippen molar-refractivity contribution in [2.24, 2.45) is 0 Å². The Hall–Kier alpha value is -1.14. The van der Waals surface area contributed by atoms with Crippen LogP contribution in [0.3, 0.4) is 0 Å². The van der Waals surface area contributed by atoms with Crippen LogP contribution in [0.5, 0.6) is 0 Å². The van der Waals surface area contributed by atoms with Crippen molar-refractivity contribution >= 4 is 11.9 Å². The Labute approximate surface area is 167 Å². The molecule has 0 aliphatic heterocycles. The van der Waals surface area contributed by atoms with E-state index in [1.165, 1.54) is 39.3 Å². The molecule has 27 heavy (non-hydrogen) atoms. The topological polar surface area (TPSA) is 89.1 Å². The molecule has 164 valence electrons. The highest BCUT2D eigenvalue weighted by molar-refractivity contribution is 5.64. The largest absolute Gasteiger partial charge is 0.550 e. The number of hydrogen-bond donors (Lipinski definition) is 2. The monoisotopic (exact) mass is 390 g/mol. The highest BCUT2D eigenvalue weighted by Gasteiger charge is 1.94. The molecule has 0 aliphatic carbocycles. The van der Waals surface area contributed by atoms with E-state index < -0.39 is 11.9 Å². The first-order valence-corrected chi connectivity index (χ1v) is 10.9. The van der Waals surface area contributed by atoms with Gasteiger partial charge in [-0.2, -0.15) is 0 Å². The molecule has 6 nitrogen and oxygen atoms in total. The Morgan fingerprint density at radius 1 is 0.519 bits per heavy atom. The van der Waals surface area contributed by atoms with Crippen molar-refractivity contribution in [2.45, 2.75) is 86.5 Å². The summed E-state index contributed by atoms with van der Waals surface area (Å²) >= 11 is 0. The minimum absolute atomic E-state index is 0.0977. The molecule has 0 saturated heterocycles. The summed E-state index contributed by atoms with van der Waals surface area (Å²) in [5, 5.41) is 20.0. The van der Waals surface area contributed by atoms with Gasteiger partial charge in [-0.3, -0.25) is 0 Å². The molecule has 0 aromatic heterocycles. The number of unbranched alkanes of at least 4 members (excludes halogenated alkanes) is 4. The van der Waals surface area contributed by atoms with Crippen molar-refractivity contribution in [3.63, 3.8) is 0 Å². The molecule has 0 amide bonds. The number of carboxylic acids is 2. The number of carbonyl (C=O) groups is 2. The van der Waals surface area contributed by atoms with Crippen molar-refractivity contribution in [2.75, 3.05) is 39.3 Å². The van der Waals surface area contributed by atoms with Crippen molar-refractivity contribution in [3.05, 3.63) is 0 Å². The van der Waals surface area contributed by atoms with Crippen LogP contribution in [0.25, 0.3) is 0 Å². The van der Waals surface area contributed by atoms with Crippen molar-refractivity contribution in [1.82, 2.24) is 0 Å². The van der Waals surface area contributed by atoms with Gasteiger partial charge in [0.2, 0.25) is 0 Å². The van der Waals surface area contributed by atoms with E-state index in [1.54, 1.807) is 9.80 Å². The quantitative estimate of drug-likeness (QED) is 0.376. The van der Waals surface area contributed by atoms with Crippen LogP contribution in [0.2, 0.25) is 0 Å². The fourth-order valence-electron chi connectivity index (χ4n) is 2.57. The molecule has 0 saturated carbocycles. The van der Waals surface area contributed by atoms with E-state index in [0.717, 1.165) is 19.3 Å². The number of rotatable bonds is 14. The van der Waals surface area contributed by atoms with E-state index in [9.17, 15) is 19.8 Å². The third-order valence-corrected chi connectivity index (χ3v) is 4.76. The molecule has 0 aliphatic rings. The van der Waals surface area contributed by atoms with Crippen molar-refractivity contribution in [1.29, 1.82) is 0 Å². The van der Waals surface area contributed by atoms with Gasteiger partial charge in [0.05, 0.1) is 39.3 Å². The van der Waals surface area contributed by atoms with Gasteiger partial charge in [0.25, 0.3) is 0 Å². The second-order valence-corrected chi connectivity index (χ2v) is 6.63. The summed E-state index contributed by atoms with van der Waals surface area (Å²) in [5.41, 5.74) is 0. The summed E-state index contributed by atoms with van der Waals surface area (Å²) in [6.07, 6.45) is 3.95. The summed E-state index contributed by atoms with van der Waals surface area (Å²) in [7, 11) is 0. The summed E-state index contributed by atoms with van der Waals surface area (Å²) in [6, 6.07) is 0. The first kappa shape index (κ1) is 30.6. The molecule has 6 heteroatoms. The predicted molar refractivity (Wildman–Crippen MR) is 108 cm³/mol. The van der Waals surface area contributed by atoms with Gasteiger partial charge in [-0.05, 0) is 67.2 Å². The molecule has 0 aromatic carbocycles. The molecule has 0 bridgehead atoms. The number of hydrogen-bond acceptors (Lipinski definition) is 4. The minimum atomic E-state index is -1.02. The van der Waals surface area contributed by atoms with Crippen molar-refractivity contribution in [3.8, 4) is 0 Å². The normalized spacial score (nSPS) is 10.1. The summed E-state index contributed by atoms with van der Waals surface area (Å²) in [4.78, 5) is 23.3. The fraction of sp³-hybridized carbons (Fsp3) is 0.905. The zero-order chi connectivity index (χ0) is 21.5. The molecule has 0 radical (unpaired) electrons. The maximum Gasteiger partial charge on any atom is 0.0742 e. The molecule has 2 N–H and O–H groups in total. The Bertz CT molecular complexity index is 276. The van der Waals surface area contributed by atoms with E-state index >= 15 is 0 Å². The SMILES string of the molecule is CC[NH+](CC)CC.CC[NH+](CC)CC.O=C([O-])CCCCCCCC(=O)[O-]. The Morgan fingerprint density at radius 3 is 0.889 bits per heavy atom. The van der Waals surface area contributed by atoms with Gasteiger partial charge in [0.1, 0.15) is 0 Å². The van der Waals surface area contributed by atoms with Crippen LogP contribution in [0.1, 0.15) is 86.5 Å². The van der Waals surface area contributed by atoms with Crippen molar-refractivity contribution < 1.29 is 29.6 Å². The van der Waals surface area contributed by atoms with Gasteiger partial charge in [-0.1, -0.05) is 19.3 Å². The van der Waals surface area contributed by atoms with E-state index in [0.29, 0.717) is 12.8 Å². The van der Waals surface area contributed by atoms with Gasteiger partial charge in [-0.15, -0.1) is 0 Å². The maximum atomic E-state index is 9.98. The summed E-state index contributed by atoms with van der Waals surface area (Å²) in [5.74, 6) is -2.04. The van der Waals surface area contributed by atoms with Crippen LogP contribution in [-0.4, -0.2) is 51.2 Å². The second kappa shape index (κ2) is 24.9. The average molecular weight is 391 g/mol. The molecule has 0 rings (SSSR count). The number of quaternary nitrogens is 2. The Balaban J connectivity index is -0.000000350. The first-order valence-electron chi connectivity index (χ1n) is 10.9. The smallest absolute Gasteiger partial charge is 0.0742 e. The lowest BCUT2D eigenvalue weighted by atomic mass is 10.1. The van der Waals surface area contributed by atoms with Gasteiger partial charge in [-0.25, -0.2) is 0 Å².